The fraction of sp³-hybridized carbons (Fsp3) is 0. The van der Waals surface area contributed by atoms with Crippen LogP contribution in [0.4, 0.5) is 17.1 Å². The van der Waals surface area contributed by atoms with Gasteiger partial charge in [-0.05, 0) is 125 Å². The highest BCUT2D eigenvalue weighted by molar-refractivity contribution is 7.22. The standard InChI is InChI=1S/C45H28N4S2/c1-3-9-42-39(7-1)47-44(50-42)30-15-20-36(21-16-30)49(37-22-17-31(18-23-37)45-48-40-8-2-4-10-43(40)51-45)38-24-19-33-26-32(13-14-34(33)27-38)35-12-11-29-6-5-25-46-41(29)28-35/h1-28H/i14D. The summed E-state index contributed by atoms with van der Waals surface area (Å²) < 4.78 is 11.5. The van der Waals surface area contributed by atoms with E-state index in [0.29, 0.717) is 6.04 Å². The van der Waals surface area contributed by atoms with Gasteiger partial charge in [0.25, 0.3) is 0 Å². The molecule has 0 aliphatic heterocycles. The minimum atomic E-state index is 0.479. The number of hydrogen-bond donors (Lipinski definition) is 0. The number of thiazole rings is 2. The molecule has 0 saturated heterocycles. The van der Waals surface area contributed by atoms with Gasteiger partial charge in [0.1, 0.15) is 10.0 Å². The van der Waals surface area contributed by atoms with E-state index in [1.165, 1.54) is 9.40 Å². The number of aromatic nitrogens is 3. The molecule has 51 heavy (non-hydrogen) atoms. The summed E-state index contributed by atoms with van der Waals surface area (Å²) in [6.45, 7) is 0. The molecule has 10 rings (SSSR count). The molecular weight excluding hydrogens is 661 g/mol. The molecular formula is C45H28N4S2. The molecule has 0 amide bonds. The van der Waals surface area contributed by atoms with Gasteiger partial charge < -0.3 is 4.90 Å². The number of rotatable bonds is 6. The number of fused-ring (bicyclic) bond motifs is 4. The van der Waals surface area contributed by atoms with Crippen LogP contribution in [0.1, 0.15) is 1.37 Å². The number of para-hydroxylation sites is 2. The van der Waals surface area contributed by atoms with Gasteiger partial charge in [0, 0.05) is 39.8 Å². The molecule has 6 heteroatoms. The van der Waals surface area contributed by atoms with Crippen LogP contribution in [-0.2, 0) is 0 Å². The van der Waals surface area contributed by atoms with Crippen molar-refractivity contribution >= 4 is 81.8 Å². The molecule has 0 aliphatic carbocycles. The van der Waals surface area contributed by atoms with Crippen LogP contribution in [0.25, 0.3) is 74.4 Å². The van der Waals surface area contributed by atoms with Crippen LogP contribution in [0.3, 0.4) is 0 Å². The molecule has 0 aliphatic rings. The van der Waals surface area contributed by atoms with Crippen molar-refractivity contribution in [2.75, 3.05) is 4.90 Å². The molecule has 0 unspecified atom stereocenters. The SMILES string of the molecule is [2H]c1cc(-c2ccc3cccnc3c2)cc2ccc(N(c3ccc(-c4nc5ccccc5s4)cc3)c3ccc(-c4nc5ccccc5s4)cc3)cc12. The summed E-state index contributed by atoms with van der Waals surface area (Å²) >= 11 is 3.41. The molecule has 3 aromatic heterocycles. The molecule has 0 N–H and O–H groups in total. The van der Waals surface area contributed by atoms with Crippen LogP contribution in [-0.4, -0.2) is 15.0 Å². The lowest BCUT2D eigenvalue weighted by molar-refractivity contribution is 1.29. The van der Waals surface area contributed by atoms with E-state index in [2.05, 4.69) is 143 Å². The first-order valence-electron chi connectivity index (χ1n) is 17.2. The summed E-state index contributed by atoms with van der Waals surface area (Å²) in [6.07, 6.45) is 1.82. The first-order chi connectivity index (χ1) is 25.6. The van der Waals surface area contributed by atoms with E-state index in [-0.39, 0.29) is 0 Å². The molecule has 0 spiro atoms. The molecule has 0 atom stereocenters. The molecule has 7 aromatic carbocycles. The maximum absolute atomic E-state index is 9.16. The molecule has 10 aromatic rings. The Bertz CT molecular complexity index is 2750. The van der Waals surface area contributed by atoms with Crippen molar-refractivity contribution < 1.29 is 1.37 Å². The fourth-order valence-electron chi connectivity index (χ4n) is 6.66. The topological polar surface area (TPSA) is 41.9 Å². The maximum Gasteiger partial charge on any atom is 0.124 e. The highest BCUT2D eigenvalue weighted by Crippen LogP contribution is 2.40. The van der Waals surface area contributed by atoms with Gasteiger partial charge in [-0.1, -0.05) is 60.6 Å². The van der Waals surface area contributed by atoms with Crippen LogP contribution < -0.4 is 4.90 Å². The smallest absolute Gasteiger partial charge is 0.124 e. The van der Waals surface area contributed by atoms with Crippen molar-refractivity contribution in [3.63, 3.8) is 0 Å². The third-order valence-corrected chi connectivity index (χ3v) is 11.4. The molecule has 0 bridgehead atoms. The minimum absolute atomic E-state index is 0.479. The second-order valence-electron chi connectivity index (χ2n) is 12.5. The maximum atomic E-state index is 9.16. The summed E-state index contributed by atoms with van der Waals surface area (Å²) in [4.78, 5) is 16.6. The molecule has 0 fully saturated rings. The third kappa shape index (κ3) is 5.51. The summed E-state index contributed by atoms with van der Waals surface area (Å²) in [7, 11) is 0. The van der Waals surface area contributed by atoms with Crippen LogP contribution in [0.15, 0.2) is 170 Å². The van der Waals surface area contributed by atoms with E-state index in [9.17, 15) is 0 Å². The van der Waals surface area contributed by atoms with Gasteiger partial charge in [-0.25, -0.2) is 9.97 Å². The zero-order chi connectivity index (χ0) is 34.6. The summed E-state index contributed by atoms with van der Waals surface area (Å²) in [6, 6.07) is 55.1. The number of hydrogen-bond acceptors (Lipinski definition) is 6. The van der Waals surface area contributed by atoms with Crippen LogP contribution >= 0.6 is 22.7 Å². The quantitative estimate of drug-likeness (QED) is 0.174. The average molecular weight is 690 g/mol. The second-order valence-corrected chi connectivity index (χ2v) is 14.5. The highest BCUT2D eigenvalue weighted by atomic mass is 32.1. The molecule has 240 valence electrons. The van der Waals surface area contributed by atoms with E-state index in [1.807, 2.05) is 30.5 Å². The van der Waals surface area contributed by atoms with Crippen LogP contribution in [0, 0.1) is 0 Å². The zero-order valence-electron chi connectivity index (χ0n) is 28.2. The minimum Gasteiger partial charge on any atom is -0.310 e. The fourth-order valence-corrected chi connectivity index (χ4v) is 8.60. The van der Waals surface area contributed by atoms with E-state index in [1.54, 1.807) is 22.7 Å². The number of anilines is 3. The first-order valence-corrected chi connectivity index (χ1v) is 18.4. The lowest BCUT2D eigenvalue weighted by Crippen LogP contribution is -2.09. The van der Waals surface area contributed by atoms with Gasteiger partial charge >= 0.3 is 0 Å². The Hall–Kier alpha value is -6.21. The van der Waals surface area contributed by atoms with Crippen LogP contribution in [0.5, 0.6) is 0 Å². The van der Waals surface area contributed by atoms with Gasteiger partial charge in [-0.15, -0.1) is 22.7 Å². The Morgan fingerprint density at radius 3 is 1.65 bits per heavy atom. The predicted octanol–water partition coefficient (Wildman–Crippen LogP) is 13.1. The van der Waals surface area contributed by atoms with Crippen molar-refractivity contribution in [3.8, 4) is 32.3 Å². The Labute approximate surface area is 304 Å². The lowest BCUT2D eigenvalue weighted by Gasteiger charge is -2.26. The van der Waals surface area contributed by atoms with Gasteiger partial charge in [0.05, 0.1) is 27.3 Å². The Balaban J connectivity index is 1.05. The van der Waals surface area contributed by atoms with E-state index >= 15 is 0 Å². The van der Waals surface area contributed by atoms with Gasteiger partial charge in [0.15, 0.2) is 0 Å². The monoisotopic (exact) mass is 689 g/mol. The molecule has 0 radical (unpaired) electrons. The second kappa shape index (κ2) is 12.3. The lowest BCUT2D eigenvalue weighted by atomic mass is 9.99. The number of pyridine rings is 1. The number of nitrogens with zero attached hydrogens (tertiary/aromatic N) is 4. The van der Waals surface area contributed by atoms with E-state index in [0.717, 1.165) is 82.0 Å². The largest absolute Gasteiger partial charge is 0.310 e. The summed E-state index contributed by atoms with van der Waals surface area (Å²) in [5, 5.41) is 5.01. The van der Waals surface area contributed by atoms with Crippen molar-refractivity contribution in [3.05, 3.63) is 170 Å². The van der Waals surface area contributed by atoms with Crippen molar-refractivity contribution in [2.45, 2.75) is 0 Å². The summed E-state index contributed by atoms with van der Waals surface area (Å²) in [5.41, 5.74) is 10.2. The third-order valence-electron chi connectivity index (χ3n) is 9.26. The van der Waals surface area contributed by atoms with Gasteiger partial charge in [-0.2, -0.15) is 0 Å². The van der Waals surface area contributed by atoms with Crippen molar-refractivity contribution in [1.82, 2.24) is 15.0 Å². The Morgan fingerprint density at radius 2 is 1.00 bits per heavy atom. The zero-order valence-corrected chi connectivity index (χ0v) is 28.8. The molecule has 0 saturated carbocycles. The predicted molar refractivity (Wildman–Crippen MR) is 217 cm³/mol. The molecule has 3 heterocycles. The average Bonchev–Trinajstić information content (AvgIpc) is 3.84. The summed E-state index contributed by atoms with van der Waals surface area (Å²) in [5.74, 6) is 0. The number of benzene rings is 7. The highest BCUT2D eigenvalue weighted by Gasteiger charge is 2.16. The normalized spacial score (nSPS) is 11.8. The van der Waals surface area contributed by atoms with E-state index in [4.69, 9.17) is 11.3 Å². The van der Waals surface area contributed by atoms with Gasteiger partial charge in [0.2, 0.25) is 0 Å². The van der Waals surface area contributed by atoms with Crippen molar-refractivity contribution in [2.24, 2.45) is 0 Å². The Morgan fingerprint density at radius 1 is 0.431 bits per heavy atom. The molecule has 4 nitrogen and oxygen atoms in total. The van der Waals surface area contributed by atoms with Crippen molar-refractivity contribution in [1.29, 1.82) is 0 Å². The van der Waals surface area contributed by atoms with Crippen LogP contribution in [0.2, 0.25) is 0 Å². The van der Waals surface area contributed by atoms with Gasteiger partial charge in [-0.3, -0.25) is 4.98 Å². The Kier molecular flexibility index (Phi) is 6.89. The van der Waals surface area contributed by atoms with E-state index < -0.39 is 0 Å². The first kappa shape index (κ1) is 28.6.